The summed E-state index contributed by atoms with van der Waals surface area (Å²) in [7, 11) is 0. The van der Waals surface area contributed by atoms with Crippen LogP contribution in [0, 0.1) is 5.82 Å². The monoisotopic (exact) mass is 402 g/mol. The lowest BCUT2D eigenvalue weighted by molar-refractivity contribution is -0.125. The lowest BCUT2D eigenvalue weighted by Crippen LogP contribution is -2.38. The minimum atomic E-state index is -0.206. The number of amides is 2. The third-order valence-electron chi connectivity index (χ3n) is 4.38. The standard InChI is InChI=1S/C21H23FN2O3S/c22-17-6-2-1-5-16(17)15-28-14-11-23-20(25)9-10-21(26)24-12-13-27-19-8-4-3-7-18(19)24/h1-8H,9-15H2,(H,23,25). The molecular formula is C21H23FN2O3S. The zero-order valence-corrected chi connectivity index (χ0v) is 16.3. The molecule has 28 heavy (non-hydrogen) atoms. The van der Waals surface area contributed by atoms with E-state index in [1.807, 2.05) is 30.3 Å². The van der Waals surface area contributed by atoms with Gasteiger partial charge in [-0.2, -0.15) is 11.8 Å². The van der Waals surface area contributed by atoms with Crippen LogP contribution in [-0.2, 0) is 15.3 Å². The highest BCUT2D eigenvalue weighted by Crippen LogP contribution is 2.31. The van der Waals surface area contributed by atoms with Gasteiger partial charge in [-0.25, -0.2) is 4.39 Å². The maximum Gasteiger partial charge on any atom is 0.227 e. The zero-order chi connectivity index (χ0) is 19.8. The highest BCUT2D eigenvalue weighted by atomic mass is 32.2. The summed E-state index contributed by atoms with van der Waals surface area (Å²) in [5, 5.41) is 2.81. The number of hydrogen-bond donors (Lipinski definition) is 1. The minimum absolute atomic E-state index is 0.0835. The van der Waals surface area contributed by atoms with E-state index in [4.69, 9.17) is 4.74 Å². The second-order valence-corrected chi connectivity index (χ2v) is 7.46. The molecule has 1 heterocycles. The predicted octanol–water partition coefficient (Wildman–Crippen LogP) is 3.38. The molecule has 0 bridgehead atoms. The molecule has 1 N–H and O–H groups in total. The van der Waals surface area contributed by atoms with Gasteiger partial charge in [-0.1, -0.05) is 30.3 Å². The highest BCUT2D eigenvalue weighted by Gasteiger charge is 2.23. The molecule has 0 unspecified atom stereocenters. The van der Waals surface area contributed by atoms with Gasteiger partial charge in [-0.3, -0.25) is 9.59 Å². The summed E-state index contributed by atoms with van der Waals surface area (Å²) in [6, 6.07) is 14.1. The SMILES string of the molecule is O=C(CCC(=O)N1CCOc2ccccc21)NCCSCc1ccccc1F. The Balaban J connectivity index is 1.35. The number of halogens is 1. The quantitative estimate of drug-likeness (QED) is 0.688. The minimum Gasteiger partial charge on any atom is -0.490 e. The Bertz CT molecular complexity index is 831. The average molecular weight is 402 g/mol. The molecule has 0 aliphatic carbocycles. The summed E-state index contributed by atoms with van der Waals surface area (Å²) in [6.45, 7) is 1.44. The summed E-state index contributed by atoms with van der Waals surface area (Å²) >= 11 is 1.56. The fourth-order valence-electron chi connectivity index (χ4n) is 2.93. The molecule has 0 saturated heterocycles. The third kappa shape index (κ3) is 5.48. The molecule has 0 radical (unpaired) electrons. The number of para-hydroxylation sites is 2. The molecule has 5 nitrogen and oxygen atoms in total. The first-order valence-electron chi connectivity index (χ1n) is 9.25. The van der Waals surface area contributed by atoms with Gasteiger partial charge in [0.25, 0.3) is 0 Å². The number of benzene rings is 2. The van der Waals surface area contributed by atoms with Crippen LogP contribution in [0.15, 0.2) is 48.5 Å². The second-order valence-electron chi connectivity index (χ2n) is 6.36. The Labute approximate surface area is 168 Å². The van der Waals surface area contributed by atoms with Crippen molar-refractivity contribution >= 4 is 29.3 Å². The number of thioether (sulfide) groups is 1. The molecule has 3 rings (SSSR count). The smallest absolute Gasteiger partial charge is 0.227 e. The van der Waals surface area contributed by atoms with Crippen LogP contribution in [0.5, 0.6) is 5.75 Å². The van der Waals surface area contributed by atoms with Gasteiger partial charge >= 0.3 is 0 Å². The zero-order valence-electron chi connectivity index (χ0n) is 15.5. The van der Waals surface area contributed by atoms with Crippen LogP contribution >= 0.6 is 11.8 Å². The molecule has 148 valence electrons. The van der Waals surface area contributed by atoms with Gasteiger partial charge in [-0.05, 0) is 23.8 Å². The second kappa shape index (κ2) is 10.1. The van der Waals surface area contributed by atoms with E-state index in [9.17, 15) is 14.0 Å². The van der Waals surface area contributed by atoms with Crippen LogP contribution in [0.4, 0.5) is 10.1 Å². The van der Waals surface area contributed by atoms with Crippen molar-refractivity contribution < 1.29 is 18.7 Å². The average Bonchev–Trinajstić information content (AvgIpc) is 2.72. The van der Waals surface area contributed by atoms with Crippen molar-refractivity contribution in [3.8, 4) is 5.75 Å². The van der Waals surface area contributed by atoms with Crippen molar-refractivity contribution in [1.82, 2.24) is 5.32 Å². The van der Waals surface area contributed by atoms with E-state index in [2.05, 4.69) is 5.32 Å². The molecule has 0 fully saturated rings. The summed E-state index contributed by atoms with van der Waals surface area (Å²) in [4.78, 5) is 26.1. The number of carbonyl (C=O) groups is 2. The summed E-state index contributed by atoms with van der Waals surface area (Å²) in [6.07, 6.45) is 0.304. The van der Waals surface area contributed by atoms with Gasteiger partial charge in [-0.15, -0.1) is 0 Å². The van der Waals surface area contributed by atoms with Crippen LogP contribution in [0.25, 0.3) is 0 Å². The van der Waals surface area contributed by atoms with Gasteiger partial charge in [0.15, 0.2) is 0 Å². The van der Waals surface area contributed by atoms with Gasteiger partial charge in [0, 0.05) is 30.9 Å². The number of nitrogens with one attached hydrogen (secondary N) is 1. The van der Waals surface area contributed by atoms with Gasteiger partial charge in [0.2, 0.25) is 11.8 Å². The number of nitrogens with zero attached hydrogens (tertiary/aromatic N) is 1. The number of rotatable bonds is 8. The van der Waals surface area contributed by atoms with E-state index in [1.54, 1.807) is 28.8 Å². The normalized spacial score (nSPS) is 12.8. The van der Waals surface area contributed by atoms with E-state index in [-0.39, 0.29) is 30.5 Å². The first-order valence-corrected chi connectivity index (χ1v) is 10.4. The van der Waals surface area contributed by atoms with E-state index in [1.165, 1.54) is 6.07 Å². The molecule has 2 amide bonds. The van der Waals surface area contributed by atoms with Crippen molar-refractivity contribution in [2.75, 3.05) is 30.3 Å². The summed E-state index contributed by atoms with van der Waals surface area (Å²) in [5.41, 5.74) is 1.42. The maximum absolute atomic E-state index is 13.5. The van der Waals surface area contributed by atoms with Crippen LogP contribution < -0.4 is 15.0 Å². The molecule has 1 aliphatic heterocycles. The number of anilines is 1. The number of hydrogen-bond acceptors (Lipinski definition) is 4. The molecule has 0 spiro atoms. The number of ether oxygens (including phenoxy) is 1. The first-order chi connectivity index (χ1) is 13.6. The van der Waals surface area contributed by atoms with E-state index < -0.39 is 0 Å². The molecule has 0 atom stereocenters. The lowest BCUT2D eigenvalue weighted by Gasteiger charge is -2.29. The molecule has 2 aromatic rings. The van der Waals surface area contributed by atoms with Gasteiger partial charge < -0.3 is 15.0 Å². The van der Waals surface area contributed by atoms with E-state index >= 15 is 0 Å². The third-order valence-corrected chi connectivity index (χ3v) is 5.39. The van der Waals surface area contributed by atoms with Crippen LogP contribution in [0.1, 0.15) is 18.4 Å². The Kier molecular flexibility index (Phi) is 7.31. The maximum atomic E-state index is 13.5. The molecule has 2 aromatic carbocycles. The molecule has 0 aromatic heterocycles. The summed E-state index contributed by atoms with van der Waals surface area (Å²) < 4.78 is 19.1. The Morgan fingerprint density at radius 2 is 1.89 bits per heavy atom. The topological polar surface area (TPSA) is 58.6 Å². The number of carbonyl (C=O) groups excluding carboxylic acids is 2. The molecule has 0 saturated carbocycles. The summed E-state index contributed by atoms with van der Waals surface area (Å²) in [5.74, 6) is 1.50. The van der Waals surface area contributed by atoms with Crippen molar-refractivity contribution in [1.29, 1.82) is 0 Å². The Hall–Kier alpha value is -2.54. The lowest BCUT2D eigenvalue weighted by atomic mass is 10.2. The van der Waals surface area contributed by atoms with Crippen LogP contribution in [-0.4, -0.2) is 37.3 Å². The van der Waals surface area contributed by atoms with Crippen molar-refractivity contribution in [3.05, 3.63) is 59.9 Å². The predicted molar refractivity (Wildman–Crippen MR) is 109 cm³/mol. The fraction of sp³-hybridized carbons (Fsp3) is 0.333. The van der Waals surface area contributed by atoms with Crippen molar-refractivity contribution in [2.24, 2.45) is 0 Å². The first kappa shape index (κ1) is 20.2. The van der Waals surface area contributed by atoms with Crippen LogP contribution in [0.2, 0.25) is 0 Å². The van der Waals surface area contributed by atoms with Crippen molar-refractivity contribution in [3.63, 3.8) is 0 Å². The molecule has 7 heteroatoms. The number of fused-ring (bicyclic) bond motifs is 1. The van der Waals surface area contributed by atoms with E-state index in [0.29, 0.717) is 42.5 Å². The van der Waals surface area contributed by atoms with Gasteiger partial charge in [0.05, 0.1) is 12.2 Å². The largest absolute Gasteiger partial charge is 0.490 e. The van der Waals surface area contributed by atoms with Gasteiger partial charge in [0.1, 0.15) is 18.2 Å². The van der Waals surface area contributed by atoms with Crippen molar-refractivity contribution in [2.45, 2.75) is 18.6 Å². The highest BCUT2D eigenvalue weighted by molar-refractivity contribution is 7.98. The Morgan fingerprint density at radius 3 is 2.75 bits per heavy atom. The van der Waals surface area contributed by atoms with E-state index in [0.717, 1.165) is 5.69 Å². The molecular weight excluding hydrogens is 379 g/mol. The Morgan fingerprint density at radius 1 is 1.11 bits per heavy atom. The van der Waals surface area contributed by atoms with Crippen LogP contribution in [0.3, 0.4) is 0 Å². The molecule has 1 aliphatic rings. The fourth-order valence-corrected chi connectivity index (χ4v) is 3.78.